The van der Waals surface area contributed by atoms with Gasteiger partial charge in [-0.1, -0.05) is 11.6 Å². The number of halogens is 1. The van der Waals surface area contributed by atoms with E-state index in [1.165, 1.54) is 6.21 Å². The molecule has 0 atom stereocenters. The summed E-state index contributed by atoms with van der Waals surface area (Å²) in [6.07, 6.45) is 1.50. The van der Waals surface area contributed by atoms with Crippen LogP contribution in [0.3, 0.4) is 0 Å². The van der Waals surface area contributed by atoms with Crippen LogP contribution in [0.4, 0.5) is 0 Å². The molecule has 0 spiro atoms. The Morgan fingerprint density at radius 2 is 2.30 bits per heavy atom. The highest BCUT2D eigenvalue weighted by Gasteiger charge is 2.11. The van der Waals surface area contributed by atoms with Crippen molar-refractivity contribution in [2.45, 2.75) is 6.92 Å². The summed E-state index contributed by atoms with van der Waals surface area (Å²) in [6, 6.07) is 3.37. The Morgan fingerprint density at radius 1 is 1.55 bits per heavy atom. The van der Waals surface area contributed by atoms with Gasteiger partial charge in [0.1, 0.15) is 6.61 Å². The highest BCUT2D eigenvalue weighted by molar-refractivity contribution is 7.80. The van der Waals surface area contributed by atoms with Crippen molar-refractivity contribution < 1.29 is 14.6 Å². The van der Waals surface area contributed by atoms with Gasteiger partial charge in [-0.3, -0.25) is 5.43 Å². The molecule has 1 rings (SSSR count). The number of hydrogen-bond donors (Lipinski definition) is 3. The van der Waals surface area contributed by atoms with Crippen LogP contribution < -0.4 is 20.6 Å². The van der Waals surface area contributed by atoms with Gasteiger partial charge in [0.15, 0.2) is 16.6 Å². The molecule has 0 amide bonds. The molecule has 1 aromatic carbocycles. The van der Waals surface area contributed by atoms with Crippen LogP contribution in [0.15, 0.2) is 17.2 Å². The van der Waals surface area contributed by atoms with E-state index < -0.39 is 0 Å². The van der Waals surface area contributed by atoms with Gasteiger partial charge in [0, 0.05) is 0 Å². The second kappa shape index (κ2) is 8.57. The summed E-state index contributed by atoms with van der Waals surface area (Å²) < 4.78 is 10.8. The van der Waals surface area contributed by atoms with E-state index in [0.717, 1.165) is 0 Å². The van der Waals surface area contributed by atoms with Crippen LogP contribution in [-0.2, 0) is 0 Å². The minimum atomic E-state index is -0.108. The zero-order chi connectivity index (χ0) is 15.0. The number of nitrogens with zero attached hydrogens (tertiary/aromatic N) is 1. The van der Waals surface area contributed by atoms with Crippen LogP contribution in [0.5, 0.6) is 11.5 Å². The molecular weight excluding hydrogens is 302 g/mol. The van der Waals surface area contributed by atoms with E-state index in [-0.39, 0.29) is 18.3 Å². The molecule has 110 valence electrons. The Hall–Kier alpha value is -1.57. The lowest BCUT2D eigenvalue weighted by atomic mass is 10.2. The molecule has 0 aromatic heterocycles. The first kappa shape index (κ1) is 16.5. The predicted molar refractivity (Wildman–Crippen MR) is 82.7 cm³/mol. The van der Waals surface area contributed by atoms with Gasteiger partial charge in [-0.05, 0) is 36.8 Å². The summed E-state index contributed by atoms with van der Waals surface area (Å²) in [5.41, 5.74) is 8.39. The fraction of sp³-hybridized carbons (Fsp3) is 0.333. The number of benzene rings is 1. The van der Waals surface area contributed by atoms with Gasteiger partial charge in [0.05, 0.1) is 24.5 Å². The van der Waals surface area contributed by atoms with Crippen molar-refractivity contribution in [3.8, 4) is 11.5 Å². The fourth-order valence-corrected chi connectivity index (χ4v) is 1.71. The van der Waals surface area contributed by atoms with E-state index in [0.29, 0.717) is 28.7 Å². The monoisotopic (exact) mass is 317 g/mol. The van der Waals surface area contributed by atoms with Crippen molar-refractivity contribution in [1.29, 1.82) is 0 Å². The number of thiocarbonyl (C=S) groups is 1. The smallest absolute Gasteiger partial charge is 0.184 e. The Labute approximate surface area is 127 Å². The average Bonchev–Trinajstić information content (AvgIpc) is 2.38. The predicted octanol–water partition coefficient (Wildman–Crippen LogP) is 1.28. The highest BCUT2D eigenvalue weighted by Crippen LogP contribution is 2.36. The number of hydrazone groups is 1. The van der Waals surface area contributed by atoms with Gasteiger partial charge in [-0.15, -0.1) is 0 Å². The second-order valence-corrected chi connectivity index (χ2v) is 4.42. The van der Waals surface area contributed by atoms with Gasteiger partial charge in [0.25, 0.3) is 0 Å². The average molecular weight is 318 g/mol. The zero-order valence-electron chi connectivity index (χ0n) is 10.9. The third kappa shape index (κ3) is 5.20. The lowest BCUT2D eigenvalue weighted by Gasteiger charge is -2.13. The summed E-state index contributed by atoms with van der Waals surface area (Å²) >= 11 is 10.8. The largest absolute Gasteiger partial charge is 0.490 e. The standard InChI is InChI=1S/C12H16ClN3O3S/c1-2-18-10-6-8(7-15-16-12(14)20)5-9(13)11(10)19-4-3-17/h5-7,17H,2-4H2,1H3,(H3,14,16,20). The minimum Gasteiger partial charge on any atom is -0.490 e. The Kier molecular flexibility index (Phi) is 7.06. The molecule has 0 unspecified atom stereocenters. The maximum atomic E-state index is 8.80. The maximum Gasteiger partial charge on any atom is 0.184 e. The summed E-state index contributed by atoms with van der Waals surface area (Å²) in [4.78, 5) is 0. The second-order valence-electron chi connectivity index (χ2n) is 3.57. The van der Waals surface area contributed by atoms with Gasteiger partial charge in [0.2, 0.25) is 0 Å². The summed E-state index contributed by atoms with van der Waals surface area (Å²) in [6.45, 7) is 2.33. The number of nitrogens with two attached hydrogens (primary N) is 1. The highest BCUT2D eigenvalue weighted by atomic mass is 35.5. The van der Waals surface area contributed by atoms with E-state index in [1.54, 1.807) is 12.1 Å². The maximum absolute atomic E-state index is 8.80. The minimum absolute atomic E-state index is 0.0697. The first-order chi connectivity index (χ1) is 9.58. The van der Waals surface area contributed by atoms with Gasteiger partial charge in [-0.25, -0.2) is 0 Å². The number of aliphatic hydroxyl groups excluding tert-OH is 1. The Morgan fingerprint density at radius 3 is 2.90 bits per heavy atom. The molecule has 0 fully saturated rings. The first-order valence-electron chi connectivity index (χ1n) is 5.87. The van der Waals surface area contributed by atoms with Crippen molar-refractivity contribution in [2.24, 2.45) is 10.8 Å². The lowest BCUT2D eigenvalue weighted by molar-refractivity contribution is 0.194. The lowest BCUT2D eigenvalue weighted by Crippen LogP contribution is -2.23. The van der Waals surface area contributed by atoms with Crippen molar-refractivity contribution in [3.63, 3.8) is 0 Å². The third-order valence-electron chi connectivity index (χ3n) is 2.06. The Bertz CT molecular complexity index is 497. The molecule has 0 aliphatic carbocycles. The molecule has 0 saturated carbocycles. The van der Waals surface area contributed by atoms with Gasteiger partial charge in [-0.2, -0.15) is 5.10 Å². The van der Waals surface area contributed by atoms with Crippen LogP contribution >= 0.6 is 23.8 Å². The third-order valence-corrected chi connectivity index (χ3v) is 2.43. The zero-order valence-corrected chi connectivity index (χ0v) is 12.5. The molecule has 20 heavy (non-hydrogen) atoms. The van der Waals surface area contributed by atoms with E-state index >= 15 is 0 Å². The molecule has 0 aliphatic heterocycles. The van der Waals surface area contributed by atoms with Gasteiger partial charge < -0.3 is 20.3 Å². The molecule has 0 radical (unpaired) electrons. The molecule has 0 aliphatic rings. The van der Waals surface area contributed by atoms with E-state index in [2.05, 4.69) is 22.7 Å². The molecule has 4 N–H and O–H groups in total. The van der Waals surface area contributed by atoms with Crippen molar-refractivity contribution in [2.75, 3.05) is 19.8 Å². The molecule has 0 saturated heterocycles. The van der Waals surface area contributed by atoms with Crippen LogP contribution in [0.25, 0.3) is 0 Å². The van der Waals surface area contributed by atoms with Crippen LogP contribution in [-0.4, -0.2) is 36.3 Å². The van der Waals surface area contributed by atoms with Crippen LogP contribution in [0, 0.1) is 0 Å². The molecule has 1 aromatic rings. The van der Waals surface area contributed by atoms with Gasteiger partial charge >= 0.3 is 0 Å². The molecule has 0 heterocycles. The molecule has 8 heteroatoms. The molecule has 6 nitrogen and oxygen atoms in total. The number of rotatable bonds is 7. The van der Waals surface area contributed by atoms with Crippen molar-refractivity contribution in [1.82, 2.24) is 5.43 Å². The number of hydrogen-bond acceptors (Lipinski definition) is 5. The summed E-state index contributed by atoms with van der Waals surface area (Å²) in [7, 11) is 0. The quantitative estimate of drug-likeness (QED) is 0.399. The van der Waals surface area contributed by atoms with Crippen molar-refractivity contribution >= 4 is 35.1 Å². The Balaban J connectivity index is 2.99. The number of aliphatic hydroxyl groups is 1. The van der Waals surface area contributed by atoms with E-state index in [9.17, 15) is 0 Å². The summed E-state index contributed by atoms with van der Waals surface area (Å²) in [5, 5.41) is 13.1. The SMILES string of the molecule is CCOc1cc(C=NNC(N)=S)cc(Cl)c1OCCO. The first-order valence-corrected chi connectivity index (χ1v) is 6.65. The molecule has 0 bridgehead atoms. The van der Waals surface area contributed by atoms with E-state index in [4.69, 9.17) is 31.9 Å². The normalized spacial score (nSPS) is 10.6. The molecular formula is C12H16ClN3O3S. The summed E-state index contributed by atoms with van der Waals surface area (Å²) in [5.74, 6) is 0.868. The van der Waals surface area contributed by atoms with E-state index in [1.807, 2.05) is 6.92 Å². The van der Waals surface area contributed by atoms with Crippen LogP contribution in [0.1, 0.15) is 12.5 Å². The van der Waals surface area contributed by atoms with Crippen molar-refractivity contribution in [3.05, 3.63) is 22.7 Å². The fourth-order valence-electron chi connectivity index (χ4n) is 1.38. The van der Waals surface area contributed by atoms with Crippen LogP contribution in [0.2, 0.25) is 5.02 Å². The number of nitrogens with one attached hydrogen (secondary N) is 1. The topological polar surface area (TPSA) is 89.1 Å². The number of ether oxygens (including phenoxy) is 2.